The van der Waals surface area contributed by atoms with Gasteiger partial charge in [0.2, 0.25) is 0 Å². The van der Waals surface area contributed by atoms with E-state index in [2.05, 4.69) is 0 Å². The molecule has 24 heavy (non-hydrogen) atoms. The number of benzene rings is 3. The molecule has 0 heterocycles. The van der Waals surface area contributed by atoms with Crippen LogP contribution >= 0.6 is 0 Å². The van der Waals surface area contributed by atoms with Gasteiger partial charge in [-0.25, -0.2) is 0 Å². The zero-order valence-corrected chi connectivity index (χ0v) is 13.0. The highest BCUT2D eigenvalue weighted by Gasteiger charge is 2.31. The molecule has 0 saturated carbocycles. The largest absolute Gasteiger partial charge is 0.508 e. The lowest BCUT2D eigenvalue weighted by atomic mass is 9.80. The van der Waals surface area contributed by atoms with E-state index in [-0.39, 0.29) is 17.3 Å². The van der Waals surface area contributed by atoms with Crippen molar-refractivity contribution < 1.29 is 14.7 Å². The average molecular weight is 314 g/mol. The van der Waals surface area contributed by atoms with Crippen LogP contribution in [0.1, 0.15) is 37.4 Å². The standard InChI is InChI=1S/C21H14O3/c1-12-15(13-6-8-14(22)9-7-13)10-11-18-19(12)21(24)17-5-3-2-4-16(17)20(18)23/h2-11,22H,1H3. The van der Waals surface area contributed by atoms with Crippen molar-refractivity contribution in [2.24, 2.45) is 0 Å². The fourth-order valence-corrected chi connectivity index (χ4v) is 3.31. The van der Waals surface area contributed by atoms with Crippen molar-refractivity contribution in [2.45, 2.75) is 6.92 Å². The quantitative estimate of drug-likeness (QED) is 0.574. The van der Waals surface area contributed by atoms with E-state index in [0.29, 0.717) is 22.3 Å². The number of rotatable bonds is 1. The first-order valence-corrected chi connectivity index (χ1v) is 7.69. The summed E-state index contributed by atoms with van der Waals surface area (Å²) in [6.45, 7) is 1.86. The fraction of sp³-hybridized carbons (Fsp3) is 0.0476. The number of carbonyl (C=O) groups is 2. The van der Waals surface area contributed by atoms with E-state index >= 15 is 0 Å². The van der Waals surface area contributed by atoms with Crippen LogP contribution in [-0.4, -0.2) is 16.7 Å². The van der Waals surface area contributed by atoms with Gasteiger partial charge in [0.15, 0.2) is 11.6 Å². The maximum atomic E-state index is 12.9. The van der Waals surface area contributed by atoms with E-state index in [0.717, 1.165) is 16.7 Å². The van der Waals surface area contributed by atoms with Crippen LogP contribution in [0.2, 0.25) is 0 Å². The van der Waals surface area contributed by atoms with Crippen molar-refractivity contribution in [1.29, 1.82) is 0 Å². The highest BCUT2D eigenvalue weighted by Crippen LogP contribution is 2.34. The van der Waals surface area contributed by atoms with Gasteiger partial charge < -0.3 is 5.11 Å². The van der Waals surface area contributed by atoms with Crippen molar-refractivity contribution in [3.8, 4) is 16.9 Å². The Bertz CT molecular complexity index is 998. The summed E-state index contributed by atoms with van der Waals surface area (Å²) in [5.74, 6) is -0.0339. The smallest absolute Gasteiger partial charge is 0.194 e. The number of hydrogen-bond acceptors (Lipinski definition) is 3. The average Bonchev–Trinajstić information content (AvgIpc) is 2.60. The van der Waals surface area contributed by atoms with Gasteiger partial charge in [-0.05, 0) is 41.8 Å². The third-order valence-corrected chi connectivity index (χ3v) is 4.53. The van der Waals surface area contributed by atoms with Crippen LogP contribution in [0.4, 0.5) is 0 Å². The van der Waals surface area contributed by atoms with Gasteiger partial charge in [0.05, 0.1) is 0 Å². The highest BCUT2D eigenvalue weighted by atomic mass is 16.3. The van der Waals surface area contributed by atoms with Gasteiger partial charge in [-0.15, -0.1) is 0 Å². The van der Waals surface area contributed by atoms with Crippen molar-refractivity contribution in [3.05, 3.63) is 88.5 Å². The minimum Gasteiger partial charge on any atom is -0.508 e. The Kier molecular flexibility index (Phi) is 3.10. The Hall–Kier alpha value is -3.20. The van der Waals surface area contributed by atoms with Crippen molar-refractivity contribution >= 4 is 11.6 Å². The maximum Gasteiger partial charge on any atom is 0.194 e. The van der Waals surface area contributed by atoms with Crippen LogP contribution in [0, 0.1) is 6.92 Å². The summed E-state index contributed by atoms with van der Waals surface area (Å²) in [7, 11) is 0. The first-order chi connectivity index (χ1) is 11.6. The molecule has 0 aromatic heterocycles. The SMILES string of the molecule is Cc1c(-c2ccc(O)cc2)ccc2c1C(=O)c1ccccc1C2=O. The first-order valence-electron chi connectivity index (χ1n) is 7.69. The zero-order chi connectivity index (χ0) is 16.8. The Labute approximate surface area is 139 Å². The summed E-state index contributed by atoms with van der Waals surface area (Å²) < 4.78 is 0. The summed E-state index contributed by atoms with van der Waals surface area (Å²) in [5.41, 5.74) is 4.42. The van der Waals surface area contributed by atoms with Crippen LogP contribution in [0.5, 0.6) is 5.75 Å². The molecular weight excluding hydrogens is 300 g/mol. The Morgan fingerprint density at radius 2 is 1.25 bits per heavy atom. The van der Waals surface area contributed by atoms with Crippen LogP contribution in [0.25, 0.3) is 11.1 Å². The van der Waals surface area contributed by atoms with E-state index in [4.69, 9.17) is 0 Å². The van der Waals surface area contributed by atoms with E-state index in [1.54, 1.807) is 54.6 Å². The van der Waals surface area contributed by atoms with Crippen LogP contribution in [0.15, 0.2) is 60.7 Å². The van der Waals surface area contributed by atoms with Gasteiger partial charge in [-0.3, -0.25) is 9.59 Å². The maximum absolute atomic E-state index is 12.9. The number of aromatic hydroxyl groups is 1. The Morgan fingerprint density at radius 3 is 1.92 bits per heavy atom. The minimum atomic E-state index is -0.113. The fourth-order valence-electron chi connectivity index (χ4n) is 3.31. The second-order valence-corrected chi connectivity index (χ2v) is 5.91. The molecule has 116 valence electrons. The highest BCUT2D eigenvalue weighted by molar-refractivity contribution is 6.29. The predicted molar refractivity (Wildman–Crippen MR) is 91.6 cm³/mol. The molecule has 3 aromatic rings. The molecule has 3 aromatic carbocycles. The van der Waals surface area contributed by atoms with Gasteiger partial charge in [0, 0.05) is 22.3 Å². The minimum absolute atomic E-state index is 0.111. The molecule has 0 spiro atoms. The molecule has 4 rings (SSSR count). The van der Waals surface area contributed by atoms with Crippen LogP contribution in [-0.2, 0) is 0 Å². The topological polar surface area (TPSA) is 54.4 Å². The molecule has 1 aliphatic rings. The van der Waals surface area contributed by atoms with E-state index < -0.39 is 0 Å². The zero-order valence-electron chi connectivity index (χ0n) is 13.0. The number of ketones is 2. The Balaban J connectivity index is 1.95. The second-order valence-electron chi connectivity index (χ2n) is 5.91. The number of carbonyl (C=O) groups excluding carboxylic acids is 2. The first kappa shape index (κ1) is 14.4. The number of phenols is 1. The molecule has 0 fully saturated rings. The molecule has 3 nitrogen and oxygen atoms in total. The van der Waals surface area contributed by atoms with Gasteiger partial charge >= 0.3 is 0 Å². The molecular formula is C21H14O3. The molecule has 0 radical (unpaired) electrons. The molecule has 0 aliphatic heterocycles. The molecule has 0 saturated heterocycles. The third kappa shape index (κ3) is 1.98. The summed E-state index contributed by atoms with van der Waals surface area (Å²) >= 11 is 0. The lowest BCUT2D eigenvalue weighted by Crippen LogP contribution is -2.22. The summed E-state index contributed by atoms with van der Waals surface area (Å²) in [6.07, 6.45) is 0. The lowest BCUT2D eigenvalue weighted by Gasteiger charge is -2.21. The van der Waals surface area contributed by atoms with Crippen molar-refractivity contribution in [1.82, 2.24) is 0 Å². The molecule has 3 heteroatoms. The molecule has 0 unspecified atom stereocenters. The molecule has 1 aliphatic carbocycles. The van der Waals surface area contributed by atoms with Crippen LogP contribution < -0.4 is 0 Å². The van der Waals surface area contributed by atoms with Gasteiger partial charge in [0.25, 0.3) is 0 Å². The van der Waals surface area contributed by atoms with E-state index in [1.807, 2.05) is 13.0 Å². The van der Waals surface area contributed by atoms with Gasteiger partial charge in [-0.2, -0.15) is 0 Å². The molecule has 0 amide bonds. The lowest BCUT2D eigenvalue weighted by molar-refractivity contribution is 0.0978. The monoisotopic (exact) mass is 314 g/mol. The van der Waals surface area contributed by atoms with E-state index in [9.17, 15) is 14.7 Å². The predicted octanol–water partition coefficient (Wildman–Crippen LogP) is 4.14. The van der Waals surface area contributed by atoms with Crippen molar-refractivity contribution in [2.75, 3.05) is 0 Å². The summed E-state index contributed by atoms with van der Waals surface area (Å²) in [5, 5.41) is 9.45. The summed E-state index contributed by atoms with van der Waals surface area (Å²) in [4.78, 5) is 25.6. The number of hydrogen-bond donors (Lipinski definition) is 1. The van der Waals surface area contributed by atoms with Gasteiger partial charge in [-0.1, -0.05) is 42.5 Å². The Morgan fingerprint density at radius 1 is 0.667 bits per heavy atom. The number of phenolic OH excluding ortho intramolecular Hbond substituents is 1. The normalized spacial score (nSPS) is 12.7. The van der Waals surface area contributed by atoms with Crippen molar-refractivity contribution in [3.63, 3.8) is 0 Å². The molecule has 1 N–H and O–H groups in total. The third-order valence-electron chi connectivity index (χ3n) is 4.53. The van der Waals surface area contributed by atoms with E-state index in [1.165, 1.54) is 0 Å². The number of fused-ring (bicyclic) bond motifs is 2. The molecule has 0 atom stereocenters. The van der Waals surface area contributed by atoms with Crippen LogP contribution in [0.3, 0.4) is 0 Å². The molecule has 0 bridgehead atoms. The second kappa shape index (κ2) is 5.17. The summed E-state index contributed by atoms with van der Waals surface area (Å²) in [6, 6.07) is 17.3. The van der Waals surface area contributed by atoms with Gasteiger partial charge in [0.1, 0.15) is 5.75 Å².